The number of amidine groups is 1. The molecule has 0 saturated carbocycles. The van der Waals surface area contributed by atoms with Crippen molar-refractivity contribution in [3.63, 3.8) is 0 Å². The Morgan fingerprint density at radius 2 is 2.03 bits per heavy atom. The van der Waals surface area contributed by atoms with Crippen LogP contribution in [0.2, 0.25) is 0 Å². The summed E-state index contributed by atoms with van der Waals surface area (Å²) in [6.45, 7) is 3.22. The topological polar surface area (TPSA) is 141 Å². The highest BCUT2D eigenvalue weighted by molar-refractivity contribution is 5.94. The summed E-state index contributed by atoms with van der Waals surface area (Å²) in [5, 5.41) is 7.10. The van der Waals surface area contributed by atoms with Crippen LogP contribution in [0.25, 0.3) is 11.1 Å². The molecule has 2 aromatic rings. The van der Waals surface area contributed by atoms with Crippen LogP contribution in [0.1, 0.15) is 25.3 Å². The summed E-state index contributed by atoms with van der Waals surface area (Å²) in [5.74, 6) is -1.44. The number of nitrogens with one attached hydrogen (secondary N) is 1. The van der Waals surface area contributed by atoms with E-state index in [1.54, 1.807) is 19.1 Å². The highest BCUT2D eigenvalue weighted by atomic mass is 19.1. The third kappa shape index (κ3) is 6.69. The first-order valence-corrected chi connectivity index (χ1v) is 10.5. The predicted molar refractivity (Wildman–Crippen MR) is 117 cm³/mol. The van der Waals surface area contributed by atoms with Crippen molar-refractivity contribution in [2.45, 2.75) is 32.5 Å². The molecule has 176 valence electrons. The molecule has 33 heavy (non-hydrogen) atoms. The largest absolute Gasteiger partial charge is 0.466 e. The zero-order valence-electron chi connectivity index (χ0n) is 18.3. The highest BCUT2D eigenvalue weighted by Crippen LogP contribution is 2.26. The molecule has 1 aliphatic rings. The summed E-state index contributed by atoms with van der Waals surface area (Å²) >= 11 is 0. The van der Waals surface area contributed by atoms with Gasteiger partial charge < -0.3 is 24.8 Å². The van der Waals surface area contributed by atoms with E-state index in [0.717, 1.165) is 0 Å². The van der Waals surface area contributed by atoms with E-state index in [-0.39, 0.29) is 48.5 Å². The molecular formula is C22H26FN5O5. The predicted octanol–water partition coefficient (Wildman–Crippen LogP) is 1.81. The SMILES string of the molecule is CCOC(=O)CC1CN(c2ncc(-c3cccc(COC(=O)CC(=N)N)c3F)cn2)CCO1. The van der Waals surface area contributed by atoms with Gasteiger partial charge in [0.25, 0.3) is 0 Å². The van der Waals surface area contributed by atoms with E-state index in [9.17, 15) is 14.0 Å². The van der Waals surface area contributed by atoms with Crippen LogP contribution >= 0.6 is 0 Å². The fraction of sp³-hybridized carbons (Fsp3) is 0.409. The first kappa shape index (κ1) is 24.1. The molecule has 3 rings (SSSR count). The number of carbonyl (C=O) groups is 2. The molecule has 0 spiro atoms. The monoisotopic (exact) mass is 459 g/mol. The number of rotatable bonds is 9. The second-order valence-electron chi connectivity index (χ2n) is 7.36. The molecule has 1 atom stereocenters. The highest BCUT2D eigenvalue weighted by Gasteiger charge is 2.25. The fourth-order valence-corrected chi connectivity index (χ4v) is 3.33. The molecule has 0 aliphatic carbocycles. The van der Waals surface area contributed by atoms with Gasteiger partial charge in [-0.3, -0.25) is 15.0 Å². The van der Waals surface area contributed by atoms with Gasteiger partial charge in [0.2, 0.25) is 5.95 Å². The Bertz CT molecular complexity index is 1000. The number of hydrogen-bond donors (Lipinski definition) is 2. The Labute approximate surface area is 190 Å². The molecule has 0 bridgehead atoms. The fourth-order valence-electron chi connectivity index (χ4n) is 3.33. The van der Waals surface area contributed by atoms with E-state index in [1.165, 1.54) is 18.5 Å². The van der Waals surface area contributed by atoms with Crippen molar-refractivity contribution in [1.29, 1.82) is 5.41 Å². The van der Waals surface area contributed by atoms with Crippen molar-refractivity contribution in [3.05, 3.63) is 42.0 Å². The van der Waals surface area contributed by atoms with Gasteiger partial charge in [-0.15, -0.1) is 0 Å². The number of esters is 2. The summed E-state index contributed by atoms with van der Waals surface area (Å²) in [6, 6.07) is 4.73. The van der Waals surface area contributed by atoms with Crippen LogP contribution in [0.15, 0.2) is 30.6 Å². The van der Waals surface area contributed by atoms with E-state index in [4.69, 9.17) is 25.4 Å². The minimum absolute atomic E-state index is 0.150. The van der Waals surface area contributed by atoms with Crippen LogP contribution in [0, 0.1) is 11.2 Å². The van der Waals surface area contributed by atoms with Crippen LogP contribution in [0.4, 0.5) is 10.3 Å². The number of nitrogens with zero attached hydrogens (tertiary/aromatic N) is 3. The number of benzene rings is 1. The maximum atomic E-state index is 15.0. The second kappa shape index (κ2) is 11.3. The second-order valence-corrected chi connectivity index (χ2v) is 7.36. The van der Waals surface area contributed by atoms with E-state index < -0.39 is 11.8 Å². The molecule has 1 fully saturated rings. The number of morpholine rings is 1. The lowest BCUT2D eigenvalue weighted by Crippen LogP contribution is -2.44. The zero-order chi connectivity index (χ0) is 23.8. The molecule has 3 N–H and O–H groups in total. The maximum Gasteiger partial charge on any atom is 0.313 e. The molecule has 1 aromatic carbocycles. The van der Waals surface area contributed by atoms with Gasteiger partial charge in [-0.05, 0) is 6.92 Å². The maximum absolute atomic E-state index is 15.0. The molecule has 2 heterocycles. The van der Waals surface area contributed by atoms with Gasteiger partial charge in [0.1, 0.15) is 24.7 Å². The molecule has 11 heteroatoms. The lowest BCUT2D eigenvalue weighted by Gasteiger charge is -2.32. The minimum Gasteiger partial charge on any atom is -0.466 e. The Morgan fingerprint density at radius 3 is 2.73 bits per heavy atom. The van der Waals surface area contributed by atoms with Crippen molar-refractivity contribution in [2.24, 2.45) is 5.73 Å². The third-order valence-corrected chi connectivity index (χ3v) is 4.87. The summed E-state index contributed by atoms with van der Waals surface area (Å²) in [6.07, 6.45) is 2.52. The summed E-state index contributed by atoms with van der Waals surface area (Å²) < 4.78 is 30.6. The van der Waals surface area contributed by atoms with Crippen LogP contribution in [0.3, 0.4) is 0 Å². The van der Waals surface area contributed by atoms with Crippen molar-refractivity contribution < 1.29 is 28.2 Å². The van der Waals surface area contributed by atoms with Gasteiger partial charge in [0.15, 0.2) is 0 Å². The van der Waals surface area contributed by atoms with Crippen LogP contribution < -0.4 is 10.6 Å². The zero-order valence-corrected chi connectivity index (χ0v) is 18.3. The third-order valence-electron chi connectivity index (χ3n) is 4.87. The summed E-state index contributed by atoms with van der Waals surface area (Å²) in [7, 11) is 0. The van der Waals surface area contributed by atoms with Gasteiger partial charge in [0.05, 0.1) is 25.7 Å². The molecule has 1 aromatic heterocycles. The number of hydrogen-bond acceptors (Lipinski definition) is 9. The molecule has 0 radical (unpaired) electrons. The molecule has 10 nitrogen and oxygen atoms in total. The number of halogens is 1. The Balaban J connectivity index is 1.66. The molecule has 1 saturated heterocycles. The van der Waals surface area contributed by atoms with Gasteiger partial charge in [-0.25, -0.2) is 14.4 Å². The van der Waals surface area contributed by atoms with Crippen LogP contribution in [-0.2, 0) is 30.4 Å². The van der Waals surface area contributed by atoms with Gasteiger partial charge in [-0.1, -0.05) is 18.2 Å². The first-order chi connectivity index (χ1) is 15.9. The smallest absolute Gasteiger partial charge is 0.313 e. The first-order valence-electron chi connectivity index (χ1n) is 10.5. The number of carbonyl (C=O) groups excluding carboxylic acids is 2. The van der Waals surface area contributed by atoms with Gasteiger partial charge in [0, 0.05) is 42.2 Å². The quantitative estimate of drug-likeness (QED) is 0.326. The van der Waals surface area contributed by atoms with Crippen molar-refractivity contribution in [2.75, 3.05) is 31.2 Å². The minimum atomic E-state index is -0.702. The van der Waals surface area contributed by atoms with Crippen molar-refractivity contribution in [3.8, 4) is 11.1 Å². The normalized spacial score (nSPS) is 15.7. The lowest BCUT2D eigenvalue weighted by atomic mass is 10.1. The van der Waals surface area contributed by atoms with E-state index >= 15 is 0 Å². The molecule has 1 unspecified atom stereocenters. The number of anilines is 1. The Kier molecular flexibility index (Phi) is 8.25. The standard InChI is InChI=1S/C22H26FN5O5/c1-2-31-19(29)8-16-12-28(6-7-32-16)22-26-10-15(11-27-22)17-5-3-4-14(21(17)23)13-33-20(30)9-18(24)25/h3-5,10-11,16H,2,6-9,12-13H2,1H3,(H3,24,25). The molecular weight excluding hydrogens is 433 g/mol. The Hall–Kier alpha value is -3.60. The van der Waals surface area contributed by atoms with E-state index in [1.807, 2.05) is 4.90 Å². The molecule has 1 aliphatic heterocycles. The van der Waals surface area contributed by atoms with Crippen molar-refractivity contribution >= 4 is 23.7 Å². The van der Waals surface area contributed by atoms with Gasteiger partial charge in [-0.2, -0.15) is 0 Å². The lowest BCUT2D eigenvalue weighted by molar-refractivity contribution is -0.146. The van der Waals surface area contributed by atoms with E-state index in [0.29, 0.717) is 37.8 Å². The van der Waals surface area contributed by atoms with Crippen LogP contribution in [0.5, 0.6) is 0 Å². The van der Waals surface area contributed by atoms with E-state index in [2.05, 4.69) is 9.97 Å². The number of ether oxygens (including phenoxy) is 3. The average Bonchev–Trinajstić information content (AvgIpc) is 2.78. The van der Waals surface area contributed by atoms with Crippen molar-refractivity contribution in [1.82, 2.24) is 9.97 Å². The number of aromatic nitrogens is 2. The van der Waals surface area contributed by atoms with Crippen LogP contribution in [-0.4, -0.2) is 60.1 Å². The average molecular weight is 459 g/mol. The van der Waals surface area contributed by atoms with Gasteiger partial charge >= 0.3 is 11.9 Å². The Morgan fingerprint density at radius 1 is 1.27 bits per heavy atom. The number of nitrogens with two attached hydrogens (primary N) is 1. The summed E-state index contributed by atoms with van der Waals surface area (Å²) in [4.78, 5) is 33.9. The molecule has 0 amide bonds. The summed E-state index contributed by atoms with van der Waals surface area (Å²) in [5.41, 5.74) is 6.08.